The van der Waals surface area contributed by atoms with Gasteiger partial charge in [-0.15, -0.1) is 0 Å². The molecule has 2 heteroatoms. The van der Waals surface area contributed by atoms with Crippen molar-refractivity contribution in [2.75, 3.05) is 0 Å². The fraction of sp³-hybridized carbons (Fsp3) is 0. The van der Waals surface area contributed by atoms with Gasteiger partial charge in [-0.3, -0.25) is 0 Å². The van der Waals surface area contributed by atoms with E-state index in [1.54, 1.807) is 0 Å². The number of nitrogens with zero attached hydrogens (tertiary/aromatic N) is 1. The minimum Gasteiger partial charge on any atom is -0.195 e. The summed E-state index contributed by atoms with van der Waals surface area (Å²) in [6.07, 6.45) is 0. The number of rotatable bonds is 1. The van der Waals surface area contributed by atoms with Crippen molar-refractivity contribution in [2.45, 2.75) is 0 Å². The van der Waals surface area contributed by atoms with E-state index in [2.05, 4.69) is 29.3 Å². The normalized spacial score (nSPS) is 8.50. The van der Waals surface area contributed by atoms with Gasteiger partial charge in [0.2, 0.25) is 0 Å². The first-order valence-corrected chi connectivity index (χ1v) is 3.23. The van der Waals surface area contributed by atoms with Crippen molar-refractivity contribution in [1.82, 2.24) is 0 Å². The van der Waals surface area contributed by atoms with Crippen molar-refractivity contribution in [2.24, 2.45) is 4.99 Å². The standard InChI is InChI=1S/C8H6NS/c1-7-3-2-4-8(5-7)9-6-10/h2-5H,1H2. The molecule has 1 aromatic carbocycles. The Kier molecular flexibility index (Phi) is 2.32. The first-order chi connectivity index (χ1) is 4.83. The summed E-state index contributed by atoms with van der Waals surface area (Å²) in [6.45, 7) is 3.74. The highest BCUT2D eigenvalue weighted by Gasteiger charge is 1.85. The topological polar surface area (TPSA) is 12.4 Å². The van der Waals surface area contributed by atoms with Crippen LogP contribution >= 0.6 is 12.2 Å². The van der Waals surface area contributed by atoms with Gasteiger partial charge in [-0.1, -0.05) is 12.1 Å². The van der Waals surface area contributed by atoms with Gasteiger partial charge >= 0.3 is 0 Å². The van der Waals surface area contributed by atoms with Crippen LogP contribution in [-0.4, -0.2) is 5.16 Å². The van der Waals surface area contributed by atoms with Gasteiger partial charge in [0, 0.05) is 0 Å². The molecular formula is C8H6NS. The van der Waals surface area contributed by atoms with E-state index in [0.717, 1.165) is 11.3 Å². The SMILES string of the molecule is [CH2]c1cccc(N=C=S)c1. The van der Waals surface area contributed by atoms with Crippen LogP contribution in [0.5, 0.6) is 0 Å². The number of thiocarbonyl (C=S) groups is 1. The van der Waals surface area contributed by atoms with Gasteiger partial charge in [-0.05, 0) is 36.8 Å². The zero-order valence-corrected chi connectivity index (χ0v) is 6.19. The van der Waals surface area contributed by atoms with Gasteiger partial charge < -0.3 is 0 Å². The van der Waals surface area contributed by atoms with Gasteiger partial charge in [0.05, 0.1) is 10.8 Å². The number of benzene rings is 1. The average Bonchev–Trinajstić information content (AvgIpc) is 1.88. The second kappa shape index (κ2) is 3.25. The lowest BCUT2D eigenvalue weighted by molar-refractivity contribution is 1.52. The van der Waals surface area contributed by atoms with E-state index < -0.39 is 0 Å². The molecule has 0 N–H and O–H groups in total. The monoisotopic (exact) mass is 148 g/mol. The van der Waals surface area contributed by atoms with Crippen LogP contribution in [0, 0.1) is 6.92 Å². The first-order valence-electron chi connectivity index (χ1n) is 2.83. The quantitative estimate of drug-likeness (QED) is 0.440. The lowest BCUT2D eigenvalue weighted by Gasteiger charge is -1.90. The summed E-state index contributed by atoms with van der Waals surface area (Å²) in [5.74, 6) is 0. The van der Waals surface area contributed by atoms with Gasteiger partial charge in [-0.2, -0.15) is 4.99 Å². The number of hydrogen-bond acceptors (Lipinski definition) is 2. The molecule has 0 fully saturated rings. The predicted octanol–water partition coefficient (Wildman–Crippen LogP) is 2.60. The number of aliphatic imine (C=N–C) groups is 1. The zero-order valence-electron chi connectivity index (χ0n) is 5.37. The van der Waals surface area contributed by atoms with Gasteiger partial charge in [0.15, 0.2) is 0 Å². The molecule has 1 radical (unpaired) electrons. The van der Waals surface area contributed by atoms with Crippen LogP contribution in [0.3, 0.4) is 0 Å². The van der Waals surface area contributed by atoms with Crippen LogP contribution in [-0.2, 0) is 0 Å². The smallest absolute Gasteiger partial charge is 0.0742 e. The van der Waals surface area contributed by atoms with Crippen molar-refractivity contribution in [1.29, 1.82) is 0 Å². The Morgan fingerprint density at radius 3 is 2.90 bits per heavy atom. The summed E-state index contributed by atoms with van der Waals surface area (Å²) in [7, 11) is 0. The van der Waals surface area contributed by atoms with Crippen LogP contribution in [0.4, 0.5) is 5.69 Å². The third-order valence-corrected chi connectivity index (χ3v) is 1.18. The van der Waals surface area contributed by atoms with Gasteiger partial charge in [0.1, 0.15) is 0 Å². The van der Waals surface area contributed by atoms with E-state index in [4.69, 9.17) is 0 Å². The Labute approximate surface area is 65.4 Å². The lowest BCUT2D eigenvalue weighted by Crippen LogP contribution is -1.67. The maximum atomic E-state index is 4.44. The lowest BCUT2D eigenvalue weighted by atomic mass is 10.2. The maximum absolute atomic E-state index is 4.44. The van der Waals surface area contributed by atoms with E-state index >= 15 is 0 Å². The highest BCUT2D eigenvalue weighted by Crippen LogP contribution is 2.11. The molecule has 0 aliphatic heterocycles. The first kappa shape index (κ1) is 7.13. The molecule has 0 amide bonds. The number of isothiocyanates is 1. The van der Waals surface area contributed by atoms with Crippen molar-refractivity contribution in [3.05, 3.63) is 36.8 Å². The highest BCUT2D eigenvalue weighted by atomic mass is 32.1. The minimum atomic E-state index is 0.808. The summed E-state index contributed by atoms with van der Waals surface area (Å²) in [5.41, 5.74) is 1.74. The Morgan fingerprint density at radius 2 is 2.30 bits per heavy atom. The van der Waals surface area contributed by atoms with Crippen LogP contribution in [0.25, 0.3) is 0 Å². The van der Waals surface area contributed by atoms with Crippen LogP contribution in [0.2, 0.25) is 0 Å². The van der Waals surface area contributed by atoms with Crippen molar-refractivity contribution in [3.63, 3.8) is 0 Å². The van der Waals surface area contributed by atoms with E-state index in [1.807, 2.05) is 24.3 Å². The summed E-state index contributed by atoms with van der Waals surface area (Å²) in [6, 6.07) is 7.49. The fourth-order valence-corrected chi connectivity index (χ4v) is 0.784. The van der Waals surface area contributed by atoms with Crippen molar-refractivity contribution < 1.29 is 0 Å². The summed E-state index contributed by atoms with van der Waals surface area (Å²) >= 11 is 4.44. The molecule has 1 rings (SSSR count). The molecule has 0 aliphatic carbocycles. The molecule has 0 saturated carbocycles. The fourth-order valence-electron chi connectivity index (χ4n) is 0.679. The molecule has 49 valence electrons. The number of hydrogen-bond donors (Lipinski definition) is 0. The maximum Gasteiger partial charge on any atom is 0.0742 e. The Morgan fingerprint density at radius 1 is 1.50 bits per heavy atom. The average molecular weight is 148 g/mol. The van der Waals surface area contributed by atoms with E-state index in [1.165, 1.54) is 0 Å². The molecule has 0 spiro atoms. The molecule has 0 saturated heterocycles. The second-order valence-electron chi connectivity index (χ2n) is 1.87. The van der Waals surface area contributed by atoms with Gasteiger partial charge in [-0.25, -0.2) is 0 Å². The van der Waals surface area contributed by atoms with Crippen molar-refractivity contribution >= 4 is 23.1 Å². The van der Waals surface area contributed by atoms with Crippen molar-refractivity contribution in [3.8, 4) is 0 Å². The Hall–Kier alpha value is -0.980. The van der Waals surface area contributed by atoms with Crippen LogP contribution in [0.1, 0.15) is 5.56 Å². The molecule has 1 nitrogen and oxygen atoms in total. The van der Waals surface area contributed by atoms with E-state index in [9.17, 15) is 0 Å². The molecule has 0 bridgehead atoms. The minimum absolute atomic E-state index is 0.808. The molecule has 0 heterocycles. The van der Waals surface area contributed by atoms with E-state index in [-0.39, 0.29) is 0 Å². The Bertz CT molecular complexity index is 274. The predicted molar refractivity (Wildman–Crippen MR) is 45.6 cm³/mol. The van der Waals surface area contributed by atoms with Crippen LogP contribution < -0.4 is 0 Å². The summed E-state index contributed by atoms with van der Waals surface area (Å²) in [4.78, 5) is 3.79. The third-order valence-electron chi connectivity index (χ3n) is 1.09. The molecule has 0 aliphatic rings. The van der Waals surface area contributed by atoms with Crippen LogP contribution in [0.15, 0.2) is 29.3 Å². The third kappa shape index (κ3) is 1.76. The zero-order chi connectivity index (χ0) is 7.40. The summed E-state index contributed by atoms with van der Waals surface area (Å²) in [5, 5.41) is 2.29. The molecule has 0 unspecified atom stereocenters. The molecule has 1 aromatic rings. The molecule has 0 aromatic heterocycles. The highest BCUT2D eigenvalue weighted by molar-refractivity contribution is 7.78. The van der Waals surface area contributed by atoms with Gasteiger partial charge in [0.25, 0.3) is 0 Å². The van der Waals surface area contributed by atoms with E-state index in [0.29, 0.717) is 0 Å². The molecular weight excluding hydrogens is 142 g/mol. The Balaban J connectivity index is 3.06. The molecule has 10 heavy (non-hydrogen) atoms. The molecule has 0 atom stereocenters. The summed E-state index contributed by atoms with van der Waals surface area (Å²) < 4.78 is 0. The largest absolute Gasteiger partial charge is 0.195 e. The second-order valence-corrected chi connectivity index (χ2v) is 2.06.